The van der Waals surface area contributed by atoms with Gasteiger partial charge in [0, 0.05) is 56.5 Å². The predicted molar refractivity (Wildman–Crippen MR) is 556 cm³/mol. The number of halogens is 3. The van der Waals surface area contributed by atoms with Crippen molar-refractivity contribution < 1.29 is 94.7 Å². The SMILES string of the molecule is Cc1cc(-c2cccc(NC(=O)C3(c4ccc5c(c4)OCO5)CC3)n2)ccc1Cl.O=C(Nc1cccc(-c2ccc(Cl)cc2)n1)C1(c2ccc3c(c2)OCO3)CC1.O=C(Nc1cccc(-c2ccc3c(c2)OCO3)n1)C1(c2ccc3c(c2)OCO3)CC1.O=C(Nc1cccc(-c2ccccc2F)n1)C1(c2ccc3c(c2)OCO3)CC1.O=C(c1ccc(-c2cccc(NC(=O)C3(c4ccc5c(c4)OCO5)CC3)n2)cc1)N1CCOCC1. The molecule has 7 aliphatic heterocycles. The van der Waals surface area contributed by atoms with Gasteiger partial charge in [0.2, 0.25) is 70.3 Å². The second-order valence-electron chi connectivity index (χ2n) is 38.1. The summed E-state index contributed by atoms with van der Waals surface area (Å²) in [5.74, 6) is 10.2. The average Bonchev–Trinajstić information content (AvgIpc) is 1.60. The molecular formula is C117H96Cl2FN11O19. The van der Waals surface area contributed by atoms with E-state index in [2.05, 4.69) is 51.5 Å². The summed E-state index contributed by atoms with van der Waals surface area (Å²) in [4.78, 5) is 103. The molecular weight excluding hydrogens is 1950 g/mol. The number of morpholine rings is 1. The smallest absolute Gasteiger partial charge is 0.254 e. The summed E-state index contributed by atoms with van der Waals surface area (Å²) >= 11 is 12.1. The number of carbonyl (C=O) groups is 6. The van der Waals surface area contributed by atoms with Crippen molar-refractivity contribution in [2.75, 3.05) is 93.6 Å². The highest BCUT2D eigenvalue weighted by atomic mass is 35.5. The van der Waals surface area contributed by atoms with E-state index < -0.39 is 27.1 Å². The highest BCUT2D eigenvalue weighted by molar-refractivity contribution is 6.31. The van der Waals surface area contributed by atoms with Crippen LogP contribution in [-0.4, -0.2) is 132 Å². The molecule has 27 rings (SSSR count). The molecule has 12 heterocycles. The Morgan fingerprint density at radius 3 is 0.887 bits per heavy atom. The summed E-state index contributed by atoms with van der Waals surface area (Å²) in [6.07, 6.45) is 7.85. The van der Waals surface area contributed by atoms with Gasteiger partial charge in [-0.1, -0.05) is 126 Å². The zero-order valence-electron chi connectivity index (χ0n) is 80.9. The van der Waals surface area contributed by atoms with Gasteiger partial charge >= 0.3 is 0 Å². The normalized spacial score (nSPS) is 16.5. The molecule has 0 radical (unpaired) electrons. The third-order valence-electron chi connectivity index (χ3n) is 28.6. The minimum Gasteiger partial charge on any atom is -0.454 e. The van der Waals surface area contributed by atoms with Crippen molar-refractivity contribution >= 4 is 87.7 Å². The Balaban J connectivity index is 0.000000103. The number of amides is 6. The van der Waals surface area contributed by atoms with Crippen LogP contribution in [0.1, 0.15) is 108 Å². The van der Waals surface area contributed by atoms with Crippen molar-refractivity contribution in [3.8, 4) is 125 Å². The minimum absolute atomic E-state index is 0.00655. The van der Waals surface area contributed by atoms with Gasteiger partial charge in [-0.2, -0.15) is 0 Å². The molecule has 5 saturated carbocycles. The van der Waals surface area contributed by atoms with Crippen LogP contribution >= 0.6 is 23.2 Å². The van der Waals surface area contributed by atoms with E-state index in [1.54, 1.807) is 65.6 Å². The van der Waals surface area contributed by atoms with Crippen LogP contribution in [0.5, 0.6) is 69.0 Å². The van der Waals surface area contributed by atoms with Crippen LogP contribution in [0.3, 0.4) is 0 Å². The molecule has 150 heavy (non-hydrogen) atoms. The third kappa shape index (κ3) is 20.0. The fourth-order valence-electron chi connectivity index (χ4n) is 19.2. The number of anilines is 5. The van der Waals surface area contributed by atoms with E-state index in [0.29, 0.717) is 129 Å². The lowest BCUT2D eigenvalue weighted by atomic mass is 9.94. The maximum Gasteiger partial charge on any atom is 0.254 e. The Kier molecular flexibility index (Phi) is 26.1. The van der Waals surface area contributed by atoms with Gasteiger partial charge in [-0.15, -0.1) is 0 Å². The van der Waals surface area contributed by atoms with Crippen LogP contribution in [0.2, 0.25) is 10.0 Å². The Morgan fingerprint density at radius 2 is 0.560 bits per heavy atom. The van der Waals surface area contributed by atoms with Gasteiger partial charge in [0.05, 0.1) is 68.8 Å². The lowest BCUT2D eigenvalue weighted by molar-refractivity contribution is -0.119. The largest absolute Gasteiger partial charge is 0.454 e. The molecule has 10 aromatic carbocycles. The molecule has 6 amide bonds. The summed E-state index contributed by atoms with van der Waals surface area (Å²) < 4.78 is 84.4. The first kappa shape index (κ1) is 96.3. The number of carbonyl (C=O) groups excluding carboxylic acids is 6. The van der Waals surface area contributed by atoms with E-state index in [4.69, 9.17) is 84.8 Å². The van der Waals surface area contributed by atoms with Crippen molar-refractivity contribution in [3.05, 3.63) is 346 Å². The number of aryl methyl sites for hydroxylation is 1. The number of ether oxygens (including phenoxy) is 13. The van der Waals surface area contributed by atoms with Crippen LogP contribution in [0.4, 0.5) is 33.5 Å². The number of fused-ring (bicyclic) bond motifs is 6. The van der Waals surface area contributed by atoms with Crippen LogP contribution in [0.15, 0.2) is 291 Å². The molecule has 5 aromatic heterocycles. The van der Waals surface area contributed by atoms with Gasteiger partial charge in [-0.25, -0.2) is 29.3 Å². The van der Waals surface area contributed by atoms with Crippen molar-refractivity contribution in [2.45, 2.75) is 98.2 Å². The maximum absolute atomic E-state index is 14.0. The number of hydrogen-bond acceptors (Lipinski definition) is 24. The number of benzene rings is 10. The number of hydrogen-bond donors (Lipinski definition) is 5. The standard InChI is InChI=1S/C27H25N3O5.C23H19ClN2O3.C23H18N2O5.C22H17ClN2O3.C22H17FN2O3/c31-25(30-12-14-33-15-13-30)19-6-4-18(5-7-19)21-2-1-3-24(28-21)29-26(32)27(10-11-27)20-8-9-22-23(16-20)35-17-34-22;1-14-11-15(5-7-17(14)24)18-3-2-4-21(25-18)26-22(27)23(9-10-23)16-6-8-19-20(12-16)29-13-28-19;26-22(23(8-9-23)15-5-7-18-20(11-15)30-13-28-18)25-21-3-1-2-16(24-21)14-4-6-17-19(10-14)29-12-27-17;23-16-7-4-14(5-8-16)17-2-1-3-20(24-17)25-21(26)22(10-11-22)15-6-9-18-19(12-15)28-13-27-18;23-16-5-2-1-4-15(16)17-6-3-7-20(24-17)25-21(26)22(10-11-22)14-8-9-18-19(12-14)28-13-27-18/h1-9,16H,10-15,17H2,(H,28,29,32);2-8,11-12H,9-10,13H2,1H3,(H,25,26,27);1-7,10-11H,8-9,12-13H2,(H,24,25,26);2*1-9,12H,10-11,13H2,(H,24,25,26). The molecule has 754 valence electrons. The molecule has 1 saturated heterocycles. The fourth-order valence-corrected chi connectivity index (χ4v) is 19.5. The number of aromatic nitrogens is 5. The number of nitrogens with zero attached hydrogens (tertiary/aromatic N) is 6. The van der Waals surface area contributed by atoms with Crippen molar-refractivity contribution in [1.82, 2.24) is 29.8 Å². The molecule has 12 aliphatic rings. The molecule has 0 spiro atoms. The van der Waals surface area contributed by atoms with Crippen molar-refractivity contribution in [1.29, 1.82) is 0 Å². The summed E-state index contributed by atoms with van der Waals surface area (Å²) in [5, 5.41) is 16.3. The first-order chi connectivity index (χ1) is 73.2. The lowest BCUT2D eigenvalue weighted by Crippen LogP contribution is -2.40. The van der Waals surface area contributed by atoms with Gasteiger partial charge < -0.3 is 93.1 Å². The number of rotatable bonds is 21. The van der Waals surface area contributed by atoms with E-state index >= 15 is 0 Å². The Bertz CT molecular complexity index is 7830. The monoisotopic (exact) mass is 2050 g/mol. The van der Waals surface area contributed by atoms with Gasteiger partial charge in [0.25, 0.3) is 5.91 Å². The second kappa shape index (κ2) is 40.6. The number of pyridine rings is 5. The van der Waals surface area contributed by atoms with Crippen LogP contribution < -0.4 is 83.4 Å². The second-order valence-corrected chi connectivity index (χ2v) is 38.9. The molecule has 5 N–H and O–H groups in total. The highest BCUT2D eigenvalue weighted by Gasteiger charge is 2.56. The molecule has 6 fully saturated rings. The molecule has 5 aliphatic carbocycles. The van der Waals surface area contributed by atoms with Gasteiger partial charge in [0.1, 0.15) is 34.9 Å². The Morgan fingerprint density at radius 1 is 0.287 bits per heavy atom. The molecule has 15 aromatic rings. The fraction of sp³-hybridized carbons (Fsp3) is 0.222. The van der Waals surface area contributed by atoms with Crippen LogP contribution in [0, 0.1) is 12.7 Å². The average molecular weight is 2050 g/mol. The third-order valence-corrected chi connectivity index (χ3v) is 29.3. The molecule has 33 heteroatoms. The number of nitrogens with one attached hydrogen (secondary N) is 5. The maximum atomic E-state index is 14.0. The molecule has 0 unspecified atom stereocenters. The molecule has 0 atom stereocenters. The highest BCUT2D eigenvalue weighted by Crippen LogP contribution is 2.57. The zero-order valence-corrected chi connectivity index (χ0v) is 82.4. The van der Waals surface area contributed by atoms with Crippen LogP contribution in [-0.2, 0) is 55.8 Å². The summed E-state index contributed by atoms with van der Waals surface area (Å²) in [6.45, 7) is 5.61. The van der Waals surface area contributed by atoms with E-state index in [1.807, 2.05) is 231 Å². The Hall–Kier alpha value is -17.2. The first-order valence-electron chi connectivity index (χ1n) is 49.3. The quantitative estimate of drug-likeness (QED) is 0.0446. The van der Waals surface area contributed by atoms with E-state index in [1.165, 1.54) is 6.07 Å². The van der Waals surface area contributed by atoms with Crippen molar-refractivity contribution in [3.63, 3.8) is 0 Å². The van der Waals surface area contributed by atoms with Crippen LogP contribution in [0.25, 0.3) is 56.3 Å². The van der Waals surface area contributed by atoms with Crippen molar-refractivity contribution in [2.24, 2.45) is 0 Å². The Labute approximate surface area is 870 Å². The van der Waals surface area contributed by atoms with Gasteiger partial charge in [-0.05, 0) is 293 Å². The minimum atomic E-state index is -0.587. The summed E-state index contributed by atoms with van der Waals surface area (Å²) in [7, 11) is 0. The lowest BCUT2D eigenvalue weighted by Gasteiger charge is -2.26. The predicted octanol–water partition coefficient (Wildman–Crippen LogP) is 21.7. The zero-order chi connectivity index (χ0) is 102. The summed E-state index contributed by atoms with van der Waals surface area (Å²) in [5.41, 5.74) is 11.1. The van der Waals surface area contributed by atoms with E-state index in [-0.39, 0.29) is 82.0 Å². The van der Waals surface area contributed by atoms with Gasteiger partial charge in [0.15, 0.2) is 69.0 Å². The molecule has 30 nitrogen and oxygen atoms in total. The topological polar surface area (TPSA) is 350 Å². The van der Waals surface area contributed by atoms with E-state index in [0.717, 1.165) is 165 Å². The van der Waals surface area contributed by atoms with E-state index in [9.17, 15) is 33.2 Å². The first-order valence-corrected chi connectivity index (χ1v) is 50.0. The molecule has 0 bridgehead atoms. The summed E-state index contributed by atoms with van der Waals surface area (Å²) in [6, 6.07) is 88.7. The van der Waals surface area contributed by atoms with Gasteiger partial charge in [-0.3, -0.25) is 28.8 Å².